The second-order valence-corrected chi connectivity index (χ2v) is 9.26. The van der Waals surface area contributed by atoms with Crippen LogP contribution in [0.15, 0.2) is 72.8 Å². The number of halogens is 1. The van der Waals surface area contributed by atoms with Crippen molar-refractivity contribution in [3.05, 3.63) is 83.4 Å². The van der Waals surface area contributed by atoms with Crippen LogP contribution in [-0.4, -0.2) is 38.3 Å². The molecule has 0 bridgehead atoms. The number of thioether (sulfide) groups is 1. The van der Waals surface area contributed by atoms with E-state index in [0.29, 0.717) is 22.2 Å². The summed E-state index contributed by atoms with van der Waals surface area (Å²) in [5.74, 6) is 0.831. The van der Waals surface area contributed by atoms with Crippen molar-refractivity contribution in [2.24, 2.45) is 0 Å². The molecule has 1 saturated heterocycles. The van der Waals surface area contributed by atoms with Gasteiger partial charge in [-0.1, -0.05) is 23.7 Å². The number of nitrogens with one attached hydrogen (secondary N) is 1. The average molecular weight is 482 g/mol. The van der Waals surface area contributed by atoms with Gasteiger partial charge in [-0.05, 0) is 66.2 Å². The molecule has 0 unspecified atom stereocenters. The van der Waals surface area contributed by atoms with E-state index in [0.717, 1.165) is 16.9 Å². The number of hydrogen-bond donors (Lipinski definition) is 1. The Morgan fingerprint density at radius 2 is 1.73 bits per heavy atom. The summed E-state index contributed by atoms with van der Waals surface area (Å²) in [4.78, 5) is 28.7. The van der Waals surface area contributed by atoms with Gasteiger partial charge in [0.15, 0.2) is 6.61 Å². The molecule has 1 aliphatic rings. The van der Waals surface area contributed by atoms with Crippen molar-refractivity contribution in [1.82, 2.24) is 0 Å². The highest BCUT2D eigenvalue weighted by atomic mass is 35.5. The fourth-order valence-corrected chi connectivity index (χ4v) is 4.77. The Balaban J connectivity index is 1.39. The van der Waals surface area contributed by atoms with Crippen LogP contribution in [0.1, 0.15) is 10.9 Å². The molecule has 4 rings (SSSR count). The highest BCUT2D eigenvalue weighted by molar-refractivity contribution is 8.00. The molecule has 1 N–H and O–H groups in total. The molecule has 3 aromatic carbocycles. The molecule has 170 valence electrons. The molecule has 33 heavy (non-hydrogen) atoms. The number of anilines is 3. The minimum atomic E-state index is -0.259. The van der Waals surface area contributed by atoms with Crippen LogP contribution >= 0.6 is 23.4 Å². The van der Waals surface area contributed by atoms with Crippen LogP contribution in [0, 0.1) is 0 Å². The Bertz CT molecular complexity index is 1120. The van der Waals surface area contributed by atoms with E-state index in [9.17, 15) is 9.59 Å². The van der Waals surface area contributed by atoms with Crippen molar-refractivity contribution < 1.29 is 14.3 Å². The number of benzene rings is 3. The standard InChI is InChI=1S/C25H24ClN3O3S/c1-28(2)20-9-11-21(12-10-20)29-24(31)16-33-25(29)17-3-7-19(8-4-17)27-23(30)15-32-22-13-5-18(26)6-14-22/h3-14,25H,15-16H2,1-2H3,(H,27,30)/t25-/m0/s1. The molecule has 8 heteroatoms. The zero-order valence-corrected chi connectivity index (χ0v) is 19.9. The van der Waals surface area contributed by atoms with Crippen LogP contribution in [0.2, 0.25) is 5.02 Å². The van der Waals surface area contributed by atoms with E-state index in [-0.39, 0.29) is 23.8 Å². The molecule has 1 heterocycles. The molecule has 1 fully saturated rings. The van der Waals surface area contributed by atoms with E-state index in [1.165, 1.54) is 0 Å². The Kier molecular flexibility index (Phi) is 7.11. The van der Waals surface area contributed by atoms with Gasteiger partial charge >= 0.3 is 0 Å². The lowest BCUT2D eigenvalue weighted by Gasteiger charge is -2.25. The topological polar surface area (TPSA) is 61.9 Å². The van der Waals surface area contributed by atoms with Gasteiger partial charge in [0, 0.05) is 36.2 Å². The SMILES string of the molecule is CN(C)c1ccc(N2C(=O)CS[C@H]2c2ccc(NC(=O)COc3ccc(Cl)cc3)cc2)cc1. The van der Waals surface area contributed by atoms with Crippen LogP contribution in [0.4, 0.5) is 17.1 Å². The van der Waals surface area contributed by atoms with Crippen LogP contribution in [0.3, 0.4) is 0 Å². The van der Waals surface area contributed by atoms with Crippen molar-refractivity contribution >= 4 is 52.2 Å². The van der Waals surface area contributed by atoms with E-state index in [1.54, 1.807) is 36.0 Å². The summed E-state index contributed by atoms with van der Waals surface area (Å²) < 4.78 is 5.48. The normalized spacial score (nSPS) is 15.4. The van der Waals surface area contributed by atoms with E-state index in [1.807, 2.05) is 72.4 Å². The first-order valence-electron chi connectivity index (χ1n) is 10.4. The molecule has 3 aromatic rings. The fourth-order valence-electron chi connectivity index (χ4n) is 3.47. The maximum atomic E-state index is 12.6. The summed E-state index contributed by atoms with van der Waals surface area (Å²) in [6.07, 6.45) is 0. The molecule has 0 saturated carbocycles. The number of carbonyl (C=O) groups excluding carboxylic acids is 2. The third-order valence-electron chi connectivity index (χ3n) is 5.18. The van der Waals surface area contributed by atoms with Gasteiger partial charge in [-0.3, -0.25) is 14.5 Å². The minimum Gasteiger partial charge on any atom is -0.484 e. The Morgan fingerprint density at radius 1 is 1.06 bits per heavy atom. The highest BCUT2D eigenvalue weighted by Crippen LogP contribution is 2.42. The first kappa shape index (κ1) is 23.0. The third kappa shape index (κ3) is 5.61. The molecule has 0 aliphatic carbocycles. The molecular formula is C25H24ClN3O3S. The highest BCUT2D eigenvalue weighted by Gasteiger charge is 2.34. The molecule has 1 atom stereocenters. The lowest BCUT2D eigenvalue weighted by molar-refractivity contribution is -0.118. The second kappa shape index (κ2) is 10.2. The molecule has 0 aromatic heterocycles. The lowest BCUT2D eigenvalue weighted by Crippen LogP contribution is -2.27. The van der Waals surface area contributed by atoms with Gasteiger partial charge in [0.1, 0.15) is 11.1 Å². The number of carbonyl (C=O) groups is 2. The van der Waals surface area contributed by atoms with E-state index < -0.39 is 0 Å². The monoisotopic (exact) mass is 481 g/mol. The number of rotatable bonds is 7. The van der Waals surface area contributed by atoms with Crippen molar-refractivity contribution in [1.29, 1.82) is 0 Å². The first-order chi connectivity index (χ1) is 15.9. The Hall–Kier alpha value is -3.16. The molecule has 6 nitrogen and oxygen atoms in total. The van der Waals surface area contributed by atoms with E-state index in [2.05, 4.69) is 5.32 Å². The number of nitrogens with zero attached hydrogens (tertiary/aromatic N) is 2. The first-order valence-corrected chi connectivity index (χ1v) is 11.8. The van der Waals surface area contributed by atoms with Crippen LogP contribution < -0.4 is 19.9 Å². The van der Waals surface area contributed by atoms with Crippen LogP contribution in [-0.2, 0) is 9.59 Å². The van der Waals surface area contributed by atoms with E-state index >= 15 is 0 Å². The molecule has 0 spiro atoms. The maximum absolute atomic E-state index is 12.6. The van der Waals surface area contributed by atoms with Gasteiger partial charge in [-0.15, -0.1) is 11.8 Å². The summed E-state index contributed by atoms with van der Waals surface area (Å²) >= 11 is 7.44. The zero-order valence-electron chi connectivity index (χ0n) is 18.3. The van der Waals surface area contributed by atoms with Crippen LogP contribution in [0.25, 0.3) is 0 Å². The Morgan fingerprint density at radius 3 is 2.36 bits per heavy atom. The summed E-state index contributed by atoms with van der Waals surface area (Å²) in [5.41, 5.74) is 3.62. The fraction of sp³-hybridized carbons (Fsp3) is 0.200. The smallest absolute Gasteiger partial charge is 0.262 e. The quantitative estimate of drug-likeness (QED) is 0.502. The number of hydrogen-bond acceptors (Lipinski definition) is 5. The maximum Gasteiger partial charge on any atom is 0.262 e. The van der Waals surface area contributed by atoms with Gasteiger partial charge in [-0.25, -0.2) is 0 Å². The molecule has 2 amide bonds. The average Bonchev–Trinajstić information content (AvgIpc) is 3.20. The number of ether oxygens (including phenoxy) is 1. The predicted molar refractivity (Wildman–Crippen MR) is 135 cm³/mol. The molecule has 1 aliphatic heterocycles. The minimum absolute atomic E-state index is 0.0827. The van der Waals surface area contributed by atoms with Gasteiger partial charge < -0.3 is 15.0 Å². The van der Waals surface area contributed by atoms with Gasteiger partial charge in [-0.2, -0.15) is 0 Å². The lowest BCUT2D eigenvalue weighted by atomic mass is 10.1. The third-order valence-corrected chi connectivity index (χ3v) is 6.64. The van der Waals surface area contributed by atoms with Gasteiger partial charge in [0.05, 0.1) is 5.75 Å². The summed E-state index contributed by atoms with van der Waals surface area (Å²) in [6.45, 7) is -0.104. The largest absolute Gasteiger partial charge is 0.484 e. The summed E-state index contributed by atoms with van der Waals surface area (Å²) in [7, 11) is 3.97. The van der Waals surface area contributed by atoms with E-state index in [4.69, 9.17) is 16.3 Å². The van der Waals surface area contributed by atoms with Crippen molar-refractivity contribution in [3.8, 4) is 5.75 Å². The van der Waals surface area contributed by atoms with Crippen molar-refractivity contribution in [2.45, 2.75) is 5.37 Å². The summed E-state index contributed by atoms with van der Waals surface area (Å²) in [5, 5.41) is 3.33. The van der Waals surface area contributed by atoms with Crippen molar-refractivity contribution in [2.75, 3.05) is 41.6 Å². The molecular weight excluding hydrogens is 458 g/mol. The van der Waals surface area contributed by atoms with Crippen molar-refractivity contribution in [3.63, 3.8) is 0 Å². The predicted octanol–water partition coefficient (Wildman–Crippen LogP) is 5.20. The molecule has 0 radical (unpaired) electrons. The van der Waals surface area contributed by atoms with Crippen LogP contribution in [0.5, 0.6) is 5.75 Å². The van der Waals surface area contributed by atoms with Gasteiger partial charge in [0.2, 0.25) is 5.91 Å². The number of amides is 2. The van der Waals surface area contributed by atoms with Gasteiger partial charge in [0.25, 0.3) is 5.91 Å². The summed E-state index contributed by atoms with van der Waals surface area (Å²) in [6, 6.07) is 22.4. The zero-order chi connectivity index (χ0) is 23.4. The second-order valence-electron chi connectivity index (χ2n) is 7.75. The Labute approximate surface area is 202 Å².